The quantitative estimate of drug-likeness (QED) is 0.662. The average Bonchev–Trinajstić information content (AvgIpc) is 2.33. The van der Waals surface area contributed by atoms with E-state index in [2.05, 4.69) is 17.3 Å². The third-order valence-corrected chi connectivity index (χ3v) is 2.94. The Balaban J connectivity index is 1.67. The number of hydrogen-bond acceptors (Lipinski definition) is 2. The van der Waals surface area contributed by atoms with Crippen molar-refractivity contribution in [2.75, 3.05) is 20.1 Å². The summed E-state index contributed by atoms with van der Waals surface area (Å²) in [5.74, 6) is 0. The lowest BCUT2D eigenvalue weighted by atomic mass is 9.90. The molecule has 1 aliphatic carbocycles. The second-order valence-corrected chi connectivity index (χ2v) is 4.18. The Hall–Kier alpha value is -0.150. The van der Waals surface area contributed by atoms with Crippen LogP contribution in [0.2, 0.25) is 0 Å². The molecular weight excluding hydrogens is 155 g/mol. The fraction of sp³-hybridized carbons (Fsp3) is 1.00. The summed E-state index contributed by atoms with van der Waals surface area (Å²) in [5, 5.41) is 3.49. The maximum absolute atomic E-state index is 12.5. The van der Waals surface area contributed by atoms with Crippen molar-refractivity contribution in [1.82, 2.24) is 10.2 Å². The Morgan fingerprint density at radius 1 is 1.33 bits per heavy atom. The van der Waals surface area contributed by atoms with Crippen LogP contribution in [0.15, 0.2) is 0 Å². The van der Waals surface area contributed by atoms with Crippen molar-refractivity contribution in [2.24, 2.45) is 0 Å². The number of rotatable bonds is 2. The van der Waals surface area contributed by atoms with Gasteiger partial charge in [-0.3, -0.25) is 0 Å². The van der Waals surface area contributed by atoms with E-state index in [0.29, 0.717) is 12.1 Å². The molecule has 12 heavy (non-hydrogen) atoms. The Morgan fingerprint density at radius 3 is 2.58 bits per heavy atom. The van der Waals surface area contributed by atoms with Gasteiger partial charge in [-0.05, 0) is 32.9 Å². The van der Waals surface area contributed by atoms with Crippen molar-refractivity contribution >= 4 is 0 Å². The van der Waals surface area contributed by atoms with E-state index in [0.717, 1.165) is 19.4 Å². The largest absolute Gasteiger partial charge is 0.310 e. The van der Waals surface area contributed by atoms with Crippen LogP contribution in [0.5, 0.6) is 0 Å². The van der Waals surface area contributed by atoms with Crippen LogP contribution in [-0.4, -0.2) is 43.3 Å². The summed E-state index contributed by atoms with van der Waals surface area (Å²) in [6.45, 7) is 2.32. The molecule has 0 aromatic rings. The minimum Gasteiger partial charge on any atom is -0.310 e. The molecule has 1 aliphatic heterocycles. The van der Waals surface area contributed by atoms with Crippen LogP contribution in [-0.2, 0) is 0 Å². The zero-order valence-corrected chi connectivity index (χ0v) is 7.59. The van der Waals surface area contributed by atoms with E-state index in [1.165, 1.54) is 13.0 Å². The fourth-order valence-electron chi connectivity index (χ4n) is 2.09. The number of nitrogens with zero attached hydrogens (tertiary/aromatic N) is 1. The Bertz CT molecular complexity index is 157. The second-order valence-electron chi connectivity index (χ2n) is 4.18. The van der Waals surface area contributed by atoms with E-state index < -0.39 is 6.17 Å². The van der Waals surface area contributed by atoms with Gasteiger partial charge in [0.15, 0.2) is 0 Å². The van der Waals surface area contributed by atoms with Gasteiger partial charge in [0.05, 0.1) is 0 Å². The van der Waals surface area contributed by atoms with Crippen molar-refractivity contribution in [3.05, 3.63) is 0 Å². The van der Waals surface area contributed by atoms with Gasteiger partial charge in [-0.25, -0.2) is 4.39 Å². The monoisotopic (exact) mass is 172 g/mol. The maximum Gasteiger partial charge on any atom is 0.103 e. The summed E-state index contributed by atoms with van der Waals surface area (Å²) < 4.78 is 12.5. The zero-order valence-electron chi connectivity index (χ0n) is 7.59. The van der Waals surface area contributed by atoms with Gasteiger partial charge in [0.1, 0.15) is 6.17 Å². The molecule has 0 bridgehead atoms. The number of hydrogen-bond donors (Lipinski definition) is 1. The first kappa shape index (κ1) is 8.45. The molecule has 3 heteroatoms. The predicted molar refractivity (Wildman–Crippen MR) is 47.0 cm³/mol. The molecule has 2 fully saturated rings. The lowest BCUT2D eigenvalue weighted by Gasteiger charge is -2.32. The number of alkyl halides is 1. The first-order valence-corrected chi connectivity index (χ1v) is 4.82. The first-order valence-electron chi connectivity index (χ1n) is 4.82. The van der Waals surface area contributed by atoms with E-state index in [1.807, 2.05) is 0 Å². The lowest BCUT2D eigenvalue weighted by Crippen LogP contribution is -2.47. The molecule has 2 nitrogen and oxygen atoms in total. The molecule has 2 rings (SSSR count). The van der Waals surface area contributed by atoms with Gasteiger partial charge in [-0.1, -0.05) is 0 Å². The van der Waals surface area contributed by atoms with Crippen molar-refractivity contribution in [1.29, 1.82) is 0 Å². The molecule has 0 unspecified atom stereocenters. The van der Waals surface area contributed by atoms with Crippen molar-refractivity contribution < 1.29 is 4.39 Å². The number of likely N-dealkylation sites (N-methyl/N-ethyl adjacent to an activating group) is 1. The summed E-state index contributed by atoms with van der Waals surface area (Å²) in [7, 11) is 2.14. The summed E-state index contributed by atoms with van der Waals surface area (Å²) in [6, 6.07) is 1.09. The Morgan fingerprint density at radius 2 is 2.08 bits per heavy atom. The highest BCUT2D eigenvalue weighted by atomic mass is 19.1. The molecule has 1 N–H and O–H groups in total. The summed E-state index contributed by atoms with van der Waals surface area (Å²) in [6.07, 6.45) is 2.17. The van der Waals surface area contributed by atoms with Gasteiger partial charge < -0.3 is 10.2 Å². The molecule has 1 heterocycles. The number of nitrogens with one attached hydrogen (secondary N) is 1. The lowest BCUT2D eigenvalue weighted by molar-refractivity contribution is 0.146. The predicted octanol–water partition coefficient (Wildman–Crippen LogP) is 0.781. The Labute approximate surface area is 73.1 Å². The average molecular weight is 172 g/mol. The molecule has 0 radical (unpaired) electrons. The normalized spacial score (nSPS) is 43.0. The maximum atomic E-state index is 12.5. The molecular formula is C9H17FN2. The molecule has 70 valence electrons. The van der Waals surface area contributed by atoms with Crippen LogP contribution in [0.1, 0.15) is 19.3 Å². The van der Waals surface area contributed by atoms with Crippen LogP contribution in [0.4, 0.5) is 4.39 Å². The van der Waals surface area contributed by atoms with Crippen LogP contribution in [0, 0.1) is 0 Å². The summed E-state index contributed by atoms with van der Waals surface area (Å²) >= 11 is 0. The third-order valence-electron chi connectivity index (χ3n) is 2.94. The van der Waals surface area contributed by atoms with Crippen molar-refractivity contribution in [3.8, 4) is 0 Å². The van der Waals surface area contributed by atoms with E-state index in [4.69, 9.17) is 0 Å². The van der Waals surface area contributed by atoms with E-state index >= 15 is 0 Å². The molecule has 0 spiro atoms. The van der Waals surface area contributed by atoms with Gasteiger partial charge in [0.2, 0.25) is 0 Å². The standard InChI is InChI=1S/C9H17FN2/c1-12-3-2-8(6-12)11-9-4-7(10)5-9/h7-9,11H,2-6H2,1H3/t7-,8-,9-/m1/s1. The molecule has 0 amide bonds. The topological polar surface area (TPSA) is 15.3 Å². The first-order chi connectivity index (χ1) is 5.74. The summed E-state index contributed by atoms with van der Waals surface area (Å²) in [4.78, 5) is 2.32. The SMILES string of the molecule is CN1CC[C@@H](N[C@H]2C[C@H](F)C2)C1. The van der Waals surface area contributed by atoms with Crippen molar-refractivity contribution in [3.63, 3.8) is 0 Å². The zero-order chi connectivity index (χ0) is 8.55. The highest BCUT2D eigenvalue weighted by Crippen LogP contribution is 2.24. The second kappa shape index (κ2) is 3.30. The molecule has 2 aliphatic rings. The molecule has 0 aromatic heterocycles. The van der Waals surface area contributed by atoms with Gasteiger partial charge in [-0.15, -0.1) is 0 Å². The minimum atomic E-state index is -0.526. The van der Waals surface area contributed by atoms with Crippen LogP contribution in [0.25, 0.3) is 0 Å². The van der Waals surface area contributed by atoms with Crippen LogP contribution >= 0.6 is 0 Å². The summed E-state index contributed by atoms with van der Waals surface area (Å²) in [5.41, 5.74) is 0. The number of halogens is 1. The molecule has 1 atom stereocenters. The van der Waals surface area contributed by atoms with Gasteiger partial charge in [-0.2, -0.15) is 0 Å². The van der Waals surface area contributed by atoms with E-state index in [9.17, 15) is 4.39 Å². The van der Waals surface area contributed by atoms with Gasteiger partial charge in [0, 0.05) is 18.6 Å². The van der Waals surface area contributed by atoms with Gasteiger partial charge in [0.25, 0.3) is 0 Å². The third kappa shape index (κ3) is 1.77. The van der Waals surface area contributed by atoms with Crippen molar-refractivity contribution in [2.45, 2.75) is 37.5 Å². The molecule has 1 saturated heterocycles. The highest BCUT2D eigenvalue weighted by molar-refractivity contribution is 4.90. The van der Waals surface area contributed by atoms with Crippen LogP contribution in [0.3, 0.4) is 0 Å². The fourth-order valence-corrected chi connectivity index (χ4v) is 2.09. The van der Waals surface area contributed by atoms with E-state index in [-0.39, 0.29) is 0 Å². The molecule has 1 saturated carbocycles. The van der Waals surface area contributed by atoms with Crippen LogP contribution < -0.4 is 5.32 Å². The minimum absolute atomic E-state index is 0.469. The molecule has 0 aromatic carbocycles. The van der Waals surface area contributed by atoms with Gasteiger partial charge >= 0.3 is 0 Å². The Kier molecular flexibility index (Phi) is 2.33. The number of likely N-dealkylation sites (tertiary alicyclic amines) is 1. The smallest absolute Gasteiger partial charge is 0.103 e. The van der Waals surface area contributed by atoms with E-state index in [1.54, 1.807) is 0 Å². The highest BCUT2D eigenvalue weighted by Gasteiger charge is 2.31.